The molecule has 0 aliphatic heterocycles. The Morgan fingerprint density at radius 2 is 1.60 bits per heavy atom. The lowest BCUT2D eigenvalue weighted by Gasteiger charge is -2.25. The lowest BCUT2D eigenvalue weighted by atomic mass is 10.1. The van der Waals surface area contributed by atoms with Crippen molar-refractivity contribution in [2.24, 2.45) is 5.92 Å². The summed E-state index contributed by atoms with van der Waals surface area (Å²) < 4.78 is 5.20. The number of methoxy groups -OCH3 is 1. The zero-order chi connectivity index (χ0) is 22.1. The number of hydrogen-bond donors (Lipinski definition) is 3. The van der Waals surface area contributed by atoms with Gasteiger partial charge in [-0.1, -0.05) is 38.1 Å². The Kier molecular flexibility index (Phi) is 8.68. The number of carbonyl (C=O) groups excluding carboxylic acids is 2. The van der Waals surface area contributed by atoms with Crippen LogP contribution in [0.25, 0.3) is 0 Å². The van der Waals surface area contributed by atoms with Crippen LogP contribution in [0.15, 0.2) is 48.5 Å². The second-order valence-electron chi connectivity index (χ2n) is 7.66. The predicted molar refractivity (Wildman–Crippen MR) is 120 cm³/mol. The van der Waals surface area contributed by atoms with Gasteiger partial charge in [0.25, 0.3) is 0 Å². The first-order valence-electron chi connectivity index (χ1n) is 10.0. The van der Waals surface area contributed by atoms with E-state index in [1.54, 1.807) is 7.11 Å². The van der Waals surface area contributed by atoms with Gasteiger partial charge in [-0.05, 0) is 49.5 Å². The largest absolute Gasteiger partial charge is 0.497 e. The summed E-state index contributed by atoms with van der Waals surface area (Å²) in [6.07, 6.45) is 0. The van der Waals surface area contributed by atoms with Crippen molar-refractivity contribution in [3.05, 3.63) is 59.7 Å². The minimum atomic E-state index is -0.229. The standard InChI is InChI=1S/C23H32N4O3/c1-16(2)22(28)26-19-10-6-17(7-11-19)14-24-23(29)25-15-21(27(3)4)18-8-12-20(30-5)13-9-18/h6-13,16,21H,14-15H2,1-5H3,(H,26,28)(H2,24,25,29)/t21-/m1/s1. The maximum Gasteiger partial charge on any atom is 0.315 e. The molecule has 0 heterocycles. The molecule has 0 unspecified atom stereocenters. The Balaban J connectivity index is 1.83. The van der Waals surface area contributed by atoms with E-state index in [1.807, 2.05) is 76.5 Å². The number of ether oxygens (including phenoxy) is 1. The number of hydrogen-bond acceptors (Lipinski definition) is 4. The number of rotatable bonds is 9. The Morgan fingerprint density at radius 1 is 0.967 bits per heavy atom. The van der Waals surface area contributed by atoms with Gasteiger partial charge in [0.2, 0.25) is 5.91 Å². The van der Waals surface area contributed by atoms with E-state index in [9.17, 15) is 9.59 Å². The second-order valence-corrected chi connectivity index (χ2v) is 7.66. The fourth-order valence-electron chi connectivity index (χ4n) is 2.85. The van der Waals surface area contributed by atoms with Gasteiger partial charge in [-0.2, -0.15) is 0 Å². The summed E-state index contributed by atoms with van der Waals surface area (Å²) in [5, 5.41) is 8.65. The molecule has 0 spiro atoms. The maximum absolute atomic E-state index is 12.2. The first kappa shape index (κ1) is 23.2. The van der Waals surface area contributed by atoms with Gasteiger partial charge in [-0.3, -0.25) is 4.79 Å². The monoisotopic (exact) mass is 412 g/mol. The van der Waals surface area contributed by atoms with Crippen LogP contribution in [-0.4, -0.2) is 44.6 Å². The summed E-state index contributed by atoms with van der Waals surface area (Å²) in [6, 6.07) is 15.1. The van der Waals surface area contributed by atoms with E-state index in [0.29, 0.717) is 13.1 Å². The Bertz CT molecular complexity index is 817. The van der Waals surface area contributed by atoms with E-state index in [-0.39, 0.29) is 23.9 Å². The van der Waals surface area contributed by atoms with E-state index in [4.69, 9.17) is 4.74 Å². The predicted octanol–water partition coefficient (Wildman–Crippen LogP) is 3.39. The number of nitrogens with one attached hydrogen (secondary N) is 3. The van der Waals surface area contributed by atoms with Crippen molar-refractivity contribution in [1.82, 2.24) is 15.5 Å². The third-order valence-electron chi connectivity index (χ3n) is 4.78. The average molecular weight is 413 g/mol. The molecule has 3 amide bonds. The van der Waals surface area contributed by atoms with Gasteiger partial charge < -0.3 is 25.6 Å². The summed E-state index contributed by atoms with van der Waals surface area (Å²) >= 11 is 0. The van der Waals surface area contributed by atoms with Crippen LogP contribution in [0.2, 0.25) is 0 Å². The number of anilines is 1. The summed E-state index contributed by atoms with van der Waals surface area (Å²) in [4.78, 5) is 26.0. The molecule has 0 fully saturated rings. The van der Waals surface area contributed by atoms with E-state index < -0.39 is 0 Å². The molecule has 0 bridgehead atoms. The van der Waals surface area contributed by atoms with Crippen LogP contribution in [0.5, 0.6) is 5.75 Å². The topological polar surface area (TPSA) is 82.7 Å². The smallest absolute Gasteiger partial charge is 0.315 e. The number of amides is 3. The molecule has 30 heavy (non-hydrogen) atoms. The van der Waals surface area contributed by atoms with Crippen LogP contribution in [0.1, 0.15) is 31.0 Å². The molecule has 0 saturated heterocycles. The summed E-state index contributed by atoms with van der Waals surface area (Å²) in [7, 11) is 5.60. The fourth-order valence-corrected chi connectivity index (χ4v) is 2.85. The van der Waals surface area contributed by atoms with Gasteiger partial charge in [0.05, 0.1) is 13.2 Å². The molecule has 7 heteroatoms. The number of carbonyl (C=O) groups is 2. The van der Waals surface area contributed by atoms with Crippen LogP contribution in [-0.2, 0) is 11.3 Å². The number of nitrogens with zero attached hydrogens (tertiary/aromatic N) is 1. The molecule has 0 saturated carbocycles. The van der Waals surface area contributed by atoms with Crippen LogP contribution >= 0.6 is 0 Å². The van der Waals surface area contributed by atoms with Crippen molar-refractivity contribution in [1.29, 1.82) is 0 Å². The van der Waals surface area contributed by atoms with Crippen molar-refractivity contribution in [3.8, 4) is 5.75 Å². The first-order chi connectivity index (χ1) is 14.3. The van der Waals surface area contributed by atoms with Crippen LogP contribution in [0, 0.1) is 5.92 Å². The quantitative estimate of drug-likeness (QED) is 0.590. The van der Waals surface area contributed by atoms with E-state index in [0.717, 1.165) is 22.6 Å². The van der Waals surface area contributed by atoms with Gasteiger partial charge in [0, 0.05) is 24.7 Å². The molecule has 0 aliphatic rings. The Labute approximate surface area is 178 Å². The normalized spacial score (nSPS) is 11.8. The highest BCUT2D eigenvalue weighted by Crippen LogP contribution is 2.20. The zero-order valence-corrected chi connectivity index (χ0v) is 18.4. The number of urea groups is 1. The zero-order valence-electron chi connectivity index (χ0n) is 18.4. The molecule has 2 aromatic carbocycles. The molecule has 162 valence electrons. The molecule has 0 aliphatic carbocycles. The highest BCUT2D eigenvalue weighted by molar-refractivity contribution is 5.92. The summed E-state index contributed by atoms with van der Waals surface area (Å²) in [5.74, 6) is 0.711. The number of likely N-dealkylation sites (N-methyl/N-ethyl adjacent to an activating group) is 1. The summed E-state index contributed by atoms with van der Waals surface area (Å²) in [5.41, 5.74) is 2.79. The molecular weight excluding hydrogens is 380 g/mol. The molecule has 7 nitrogen and oxygen atoms in total. The van der Waals surface area contributed by atoms with Gasteiger partial charge in [0.1, 0.15) is 5.75 Å². The van der Waals surface area contributed by atoms with Crippen molar-refractivity contribution >= 4 is 17.6 Å². The second kappa shape index (κ2) is 11.2. The van der Waals surface area contributed by atoms with E-state index in [1.165, 1.54) is 0 Å². The van der Waals surface area contributed by atoms with Gasteiger partial charge >= 0.3 is 6.03 Å². The van der Waals surface area contributed by atoms with Crippen molar-refractivity contribution in [2.45, 2.75) is 26.4 Å². The molecular formula is C23H32N4O3. The Morgan fingerprint density at radius 3 is 2.13 bits per heavy atom. The van der Waals surface area contributed by atoms with Crippen molar-refractivity contribution < 1.29 is 14.3 Å². The van der Waals surface area contributed by atoms with Gasteiger partial charge in [-0.15, -0.1) is 0 Å². The van der Waals surface area contributed by atoms with Crippen molar-refractivity contribution in [2.75, 3.05) is 33.1 Å². The highest BCUT2D eigenvalue weighted by Gasteiger charge is 2.15. The minimum absolute atomic E-state index is 0.0208. The lowest BCUT2D eigenvalue weighted by molar-refractivity contribution is -0.118. The summed E-state index contributed by atoms with van der Waals surface area (Å²) in [6.45, 7) is 4.58. The third-order valence-corrected chi connectivity index (χ3v) is 4.78. The SMILES string of the molecule is COc1ccc([C@@H](CNC(=O)NCc2ccc(NC(=O)C(C)C)cc2)N(C)C)cc1. The van der Waals surface area contributed by atoms with Crippen LogP contribution < -0.4 is 20.7 Å². The molecule has 3 N–H and O–H groups in total. The minimum Gasteiger partial charge on any atom is -0.497 e. The molecule has 2 aromatic rings. The lowest BCUT2D eigenvalue weighted by Crippen LogP contribution is -2.40. The van der Waals surface area contributed by atoms with Crippen LogP contribution in [0.4, 0.5) is 10.5 Å². The van der Waals surface area contributed by atoms with Gasteiger partial charge in [0.15, 0.2) is 0 Å². The fraction of sp³-hybridized carbons (Fsp3) is 0.391. The van der Waals surface area contributed by atoms with E-state index in [2.05, 4.69) is 20.9 Å². The first-order valence-corrected chi connectivity index (χ1v) is 10.0. The molecule has 0 aromatic heterocycles. The Hall–Kier alpha value is -3.06. The maximum atomic E-state index is 12.2. The number of benzene rings is 2. The molecule has 1 atom stereocenters. The average Bonchev–Trinajstić information content (AvgIpc) is 2.73. The van der Waals surface area contributed by atoms with Crippen LogP contribution in [0.3, 0.4) is 0 Å². The van der Waals surface area contributed by atoms with E-state index >= 15 is 0 Å². The molecule has 0 radical (unpaired) electrons. The van der Waals surface area contributed by atoms with Gasteiger partial charge in [-0.25, -0.2) is 4.79 Å². The van der Waals surface area contributed by atoms with Crippen molar-refractivity contribution in [3.63, 3.8) is 0 Å². The molecule has 2 rings (SSSR count). The highest BCUT2D eigenvalue weighted by atomic mass is 16.5. The third kappa shape index (κ3) is 7.08.